The Kier molecular flexibility index (Phi) is 5.80. The molecule has 158 valence electrons. The highest BCUT2D eigenvalue weighted by atomic mass is 35.5. The number of hydrogen-bond acceptors (Lipinski definition) is 5. The molecule has 4 rings (SSSR count). The lowest BCUT2D eigenvalue weighted by Gasteiger charge is -2.17. The Morgan fingerprint density at radius 2 is 1.61 bits per heavy atom. The minimum atomic E-state index is -4.06. The molecule has 0 aliphatic rings. The summed E-state index contributed by atoms with van der Waals surface area (Å²) in [5.74, 6) is -0.284. The number of oxazole rings is 1. The number of aromatic nitrogens is 1. The largest absolute Gasteiger partial charge is 0.419 e. The van der Waals surface area contributed by atoms with Gasteiger partial charge in [-0.15, -0.1) is 0 Å². The topological polar surface area (TPSA) is 63.4 Å². The summed E-state index contributed by atoms with van der Waals surface area (Å²) in [5, 5.41) is 0.304. The van der Waals surface area contributed by atoms with Crippen LogP contribution in [-0.2, 0) is 16.4 Å². The van der Waals surface area contributed by atoms with Crippen LogP contribution in [0.15, 0.2) is 93.2 Å². The minimum absolute atomic E-state index is 0.0702. The highest BCUT2D eigenvalue weighted by Crippen LogP contribution is 2.35. The van der Waals surface area contributed by atoms with Crippen molar-refractivity contribution < 1.29 is 17.2 Å². The molecule has 1 heterocycles. The van der Waals surface area contributed by atoms with Gasteiger partial charge in [0.15, 0.2) is 0 Å². The van der Waals surface area contributed by atoms with Gasteiger partial charge in [0.05, 0.1) is 4.90 Å². The molecule has 0 amide bonds. The van der Waals surface area contributed by atoms with Gasteiger partial charge in [-0.25, -0.2) is 12.8 Å². The highest BCUT2D eigenvalue weighted by Gasteiger charge is 2.30. The number of anilines is 1. The number of nitrogens with zero attached hydrogens (tertiary/aromatic N) is 2. The highest BCUT2D eigenvalue weighted by molar-refractivity contribution is 7.91. The average molecular weight is 457 g/mol. The van der Waals surface area contributed by atoms with E-state index in [1.807, 2.05) is 30.3 Å². The Morgan fingerprint density at radius 1 is 0.968 bits per heavy atom. The fourth-order valence-corrected chi connectivity index (χ4v) is 4.56. The van der Waals surface area contributed by atoms with Gasteiger partial charge in [0.25, 0.3) is 0 Å². The Morgan fingerprint density at radius 3 is 2.26 bits per heavy atom. The van der Waals surface area contributed by atoms with Gasteiger partial charge in [0.1, 0.15) is 5.82 Å². The second kappa shape index (κ2) is 8.53. The molecule has 0 radical (unpaired) electrons. The number of halogens is 2. The third-order valence-corrected chi connectivity index (χ3v) is 6.58. The summed E-state index contributed by atoms with van der Waals surface area (Å²) < 4.78 is 45.9. The Balaban J connectivity index is 1.81. The molecule has 0 unspecified atom stereocenters. The van der Waals surface area contributed by atoms with Crippen LogP contribution in [0, 0.1) is 5.82 Å². The number of rotatable bonds is 6. The lowest BCUT2D eigenvalue weighted by molar-refractivity contribution is 0.554. The maximum absolute atomic E-state index is 13.3. The van der Waals surface area contributed by atoms with Crippen molar-refractivity contribution in [2.75, 3.05) is 11.9 Å². The van der Waals surface area contributed by atoms with E-state index < -0.39 is 15.7 Å². The zero-order valence-electron chi connectivity index (χ0n) is 16.5. The molecule has 0 aliphatic heterocycles. The quantitative estimate of drug-likeness (QED) is 0.353. The van der Waals surface area contributed by atoms with Gasteiger partial charge in [0.2, 0.25) is 26.6 Å². The monoisotopic (exact) mass is 456 g/mol. The molecule has 5 nitrogen and oxygen atoms in total. The van der Waals surface area contributed by atoms with E-state index in [2.05, 4.69) is 4.98 Å². The molecule has 4 aromatic rings. The fourth-order valence-electron chi connectivity index (χ4n) is 3.08. The maximum Gasteiger partial charge on any atom is 0.236 e. The molecule has 0 aliphatic carbocycles. The van der Waals surface area contributed by atoms with E-state index in [4.69, 9.17) is 16.0 Å². The van der Waals surface area contributed by atoms with Crippen molar-refractivity contribution in [3.8, 4) is 11.5 Å². The van der Waals surface area contributed by atoms with Gasteiger partial charge >= 0.3 is 0 Å². The van der Waals surface area contributed by atoms with E-state index in [0.29, 0.717) is 17.1 Å². The molecule has 0 saturated carbocycles. The first-order chi connectivity index (χ1) is 14.8. The normalized spacial score (nSPS) is 11.5. The summed E-state index contributed by atoms with van der Waals surface area (Å²) in [7, 11) is -2.33. The van der Waals surface area contributed by atoms with E-state index >= 15 is 0 Å². The van der Waals surface area contributed by atoms with Crippen LogP contribution < -0.4 is 4.90 Å². The lowest BCUT2D eigenvalue weighted by atomic mass is 10.2. The van der Waals surface area contributed by atoms with Crippen LogP contribution in [0.3, 0.4) is 0 Å². The van der Waals surface area contributed by atoms with Crippen molar-refractivity contribution in [3.05, 3.63) is 95.3 Å². The summed E-state index contributed by atoms with van der Waals surface area (Å²) >= 11 is 5.96. The smallest absolute Gasteiger partial charge is 0.236 e. The van der Waals surface area contributed by atoms with Gasteiger partial charge < -0.3 is 9.32 Å². The molecule has 8 heteroatoms. The Bertz CT molecular complexity index is 1290. The van der Waals surface area contributed by atoms with Crippen molar-refractivity contribution >= 4 is 27.3 Å². The number of benzene rings is 3. The van der Waals surface area contributed by atoms with Crippen LogP contribution in [0.25, 0.3) is 11.5 Å². The van der Waals surface area contributed by atoms with E-state index in [1.54, 1.807) is 36.2 Å². The molecule has 0 N–H and O–H groups in total. The van der Waals surface area contributed by atoms with Crippen molar-refractivity contribution in [1.82, 2.24) is 4.98 Å². The van der Waals surface area contributed by atoms with E-state index in [-0.39, 0.29) is 21.7 Å². The first-order valence-corrected chi connectivity index (χ1v) is 11.2. The van der Waals surface area contributed by atoms with Crippen LogP contribution >= 0.6 is 11.6 Å². The second-order valence-electron chi connectivity index (χ2n) is 6.94. The average Bonchev–Trinajstić information content (AvgIpc) is 3.22. The molecule has 31 heavy (non-hydrogen) atoms. The van der Waals surface area contributed by atoms with E-state index in [0.717, 1.165) is 17.7 Å². The Hall–Kier alpha value is -3.16. The molecule has 0 bridgehead atoms. The van der Waals surface area contributed by atoms with Gasteiger partial charge in [-0.1, -0.05) is 41.9 Å². The molecular formula is C23H18ClFN2O3S. The third-order valence-electron chi connectivity index (χ3n) is 4.66. The van der Waals surface area contributed by atoms with E-state index in [9.17, 15) is 12.8 Å². The zero-order chi connectivity index (χ0) is 22.0. The number of hydrogen-bond donors (Lipinski definition) is 0. The van der Waals surface area contributed by atoms with Crippen LogP contribution in [0.4, 0.5) is 10.3 Å². The second-order valence-corrected chi connectivity index (χ2v) is 9.24. The molecule has 0 atom stereocenters. The first-order valence-electron chi connectivity index (χ1n) is 9.37. The van der Waals surface area contributed by atoms with Gasteiger partial charge in [-0.3, -0.25) is 0 Å². The van der Waals surface area contributed by atoms with Crippen LogP contribution in [0.2, 0.25) is 5.02 Å². The fraction of sp³-hybridized carbons (Fsp3) is 0.0870. The first kappa shape index (κ1) is 21.1. The molecule has 0 spiro atoms. The molecule has 0 saturated heterocycles. The third kappa shape index (κ3) is 4.47. The molecule has 3 aromatic carbocycles. The lowest BCUT2D eigenvalue weighted by Crippen LogP contribution is -2.18. The molecule has 0 fully saturated rings. The Labute approximate surface area is 184 Å². The predicted octanol–water partition coefficient (Wildman–Crippen LogP) is 5.60. The summed E-state index contributed by atoms with van der Waals surface area (Å²) in [6.45, 7) is 0.405. The van der Waals surface area contributed by atoms with E-state index in [1.165, 1.54) is 12.1 Å². The number of sulfone groups is 1. The standard InChI is InChI=1S/C23H18ClFN2O3S/c1-27(15-16-5-3-2-4-6-16)23-22(31(28,29)20-13-11-19(25)12-14-20)26-21(30-23)17-7-9-18(24)10-8-17/h2-14H,15H2,1H3. The molecular weight excluding hydrogens is 439 g/mol. The van der Waals surface area contributed by atoms with Crippen LogP contribution in [0.5, 0.6) is 0 Å². The SMILES string of the molecule is CN(Cc1ccccc1)c1oc(-c2ccc(Cl)cc2)nc1S(=O)(=O)c1ccc(F)cc1. The maximum atomic E-state index is 13.3. The summed E-state index contributed by atoms with van der Waals surface area (Å²) in [4.78, 5) is 5.92. The molecule has 1 aromatic heterocycles. The predicted molar refractivity (Wildman–Crippen MR) is 117 cm³/mol. The summed E-state index contributed by atoms with van der Waals surface area (Å²) in [6.07, 6.45) is 0. The zero-order valence-corrected chi connectivity index (χ0v) is 18.1. The van der Waals surface area contributed by atoms with Gasteiger partial charge in [-0.05, 0) is 54.1 Å². The summed E-state index contributed by atoms with van der Waals surface area (Å²) in [5.41, 5.74) is 1.55. The van der Waals surface area contributed by atoms with Gasteiger partial charge in [-0.2, -0.15) is 4.98 Å². The van der Waals surface area contributed by atoms with Gasteiger partial charge in [0, 0.05) is 24.2 Å². The van der Waals surface area contributed by atoms with Crippen molar-refractivity contribution in [2.24, 2.45) is 0 Å². The van der Waals surface area contributed by atoms with Crippen LogP contribution in [0.1, 0.15) is 5.56 Å². The van der Waals surface area contributed by atoms with Crippen molar-refractivity contribution in [1.29, 1.82) is 0 Å². The van der Waals surface area contributed by atoms with Crippen molar-refractivity contribution in [3.63, 3.8) is 0 Å². The summed E-state index contributed by atoms with van der Waals surface area (Å²) in [6, 6.07) is 20.9. The minimum Gasteiger partial charge on any atom is -0.419 e. The van der Waals surface area contributed by atoms with Crippen molar-refractivity contribution in [2.45, 2.75) is 16.5 Å². The van der Waals surface area contributed by atoms with Crippen LogP contribution in [-0.4, -0.2) is 20.4 Å².